The molecule has 0 saturated carbocycles. The number of nitrogens with zero attached hydrogens (tertiary/aromatic N) is 2. The first-order valence-electron chi connectivity index (χ1n) is 8.83. The van der Waals surface area contributed by atoms with Crippen LogP contribution in [-0.2, 0) is 12.6 Å². The first-order chi connectivity index (χ1) is 13.3. The number of anilines is 1. The molecule has 1 N–H and O–H groups in total. The second-order valence-corrected chi connectivity index (χ2v) is 7.97. The summed E-state index contributed by atoms with van der Waals surface area (Å²) in [5, 5.41) is 8.32. The number of fused-ring (bicyclic) bond motifs is 1. The molecule has 0 bridgehead atoms. The van der Waals surface area contributed by atoms with Crippen molar-refractivity contribution in [3.63, 3.8) is 0 Å². The zero-order valence-electron chi connectivity index (χ0n) is 14.7. The number of aromatic nitrogens is 2. The third-order valence-electron chi connectivity index (χ3n) is 4.73. The Morgan fingerprint density at radius 2 is 1.93 bits per heavy atom. The summed E-state index contributed by atoms with van der Waals surface area (Å²) >= 11 is 9.76. The summed E-state index contributed by atoms with van der Waals surface area (Å²) in [7, 11) is 0. The topological polar surface area (TPSA) is 29.9 Å². The highest BCUT2D eigenvalue weighted by atomic mass is 79.9. The number of benzene rings is 2. The van der Waals surface area contributed by atoms with Gasteiger partial charge in [0, 0.05) is 22.1 Å². The molecule has 0 saturated heterocycles. The number of hydrogen-bond acceptors (Lipinski definition) is 2. The third kappa shape index (κ3) is 3.65. The smallest absolute Gasteiger partial charge is 0.370 e. The van der Waals surface area contributed by atoms with E-state index in [0.717, 1.165) is 59.5 Å². The van der Waals surface area contributed by atoms with E-state index in [9.17, 15) is 13.2 Å². The van der Waals surface area contributed by atoms with Crippen LogP contribution in [0.4, 0.5) is 19.0 Å². The molecular weight excluding hydrogens is 455 g/mol. The van der Waals surface area contributed by atoms with Gasteiger partial charge in [0.15, 0.2) is 0 Å². The Bertz CT molecular complexity index is 1030. The fourth-order valence-electron chi connectivity index (χ4n) is 3.40. The highest BCUT2D eigenvalue weighted by Gasteiger charge is 2.32. The molecule has 2 heterocycles. The fraction of sp³-hybridized carbons (Fsp3) is 0.250. The van der Waals surface area contributed by atoms with E-state index < -0.39 is 11.7 Å². The molecule has 1 aliphatic heterocycles. The molecule has 3 nitrogen and oxygen atoms in total. The minimum atomic E-state index is -4.44. The molecule has 28 heavy (non-hydrogen) atoms. The summed E-state index contributed by atoms with van der Waals surface area (Å²) in [6.45, 7) is 0.780. The molecule has 3 aromatic rings. The Balaban J connectivity index is 1.94. The molecule has 0 atom stereocenters. The molecule has 0 spiro atoms. The van der Waals surface area contributed by atoms with Gasteiger partial charge in [-0.3, -0.25) is 0 Å². The summed E-state index contributed by atoms with van der Waals surface area (Å²) in [6.07, 6.45) is -1.82. The number of halogens is 5. The van der Waals surface area contributed by atoms with Crippen LogP contribution < -0.4 is 5.32 Å². The Morgan fingerprint density at radius 3 is 2.68 bits per heavy atom. The van der Waals surface area contributed by atoms with Crippen molar-refractivity contribution in [3.05, 3.63) is 63.1 Å². The Kier molecular flexibility index (Phi) is 5.14. The van der Waals surface area contributed by atoms with Gasteiger partial charge in [0.2, 0.25) is 0 Å². The molecule has 0 unspecified atom stereocenters. The van der Waals surface area contributed by atoms with Crippen molar-refractivity contribution in [1.29, 1.82) is 0 Å². The van der Waals surface area contributed by atoms with Crippen molar-refractivity contribution >= 4 is 33.3 Å². The number of alkyl halides is 3. The van der Waals surface area contributed by atoms with Crippen LogP contribution in [-0.4, -0.2) is 16.3 Å². The lowest BCUT2D eigenvalue weighted by molar-refractivity contribution is -0.137. The van der Waals surface area contributed by atoms with Gasteiger partial charge in [-0.2, -0.15) is 18.3 Å². The molecular formula is C20H16BrClF3N3. The molecule has 1 aliphatic rings. The standard InChI is InChI=1S/C20H16BrClF3N3/c21-13-4-3-5-14(11-13)28-19-15(6-1-2-9-26-19)18(27-28)16-10-12(20(23,24)25)7-8-17(16)22/h3-5,7-8,10-11,26H,1-2,6,9H2. The zero-order valence-corrected chi connectivity index (χ0v) is 17.0. The lowest BCUT2D eigenvalue weighted by Crippen LogP contribution is -2.07. The molecule has 0 radical (unpaired) electrons. The van der Waals surface area contributed by atoms with Gasteiger partial charge in [-0.25, -0.2) is 4.68 Å². The van der Waals surface area contributed by atoms with Crippen LogP contribution >= 0.6 is 27.5 Å². The number of hydrogen-bond donors (Lipinski definition) is 1. The second kappa shape index (κ2) is 7.44. The van der Waals surface area contributed by atoms with Gasteiger partial charge in [-0.1, -0.05) is 33.6 Å². The average molecular weight is 471 g/mol. The van der Waals surface area contributed by atoms with Gasteiger partial charge in [-0.05, 0) is 55.7 Å². The molecule has 0 aliphatic carbocycles. The Morgan fingerprint density at radius 1 is 1.11 bits per heavy atom. The number of nitrogens with one attached hydrogen (secondary N) is 1. The number of rotatable bonds is 2. The minimum Gasteiger partial charge on any atom is -0.370 e. The summed E-state index contributed by atoms with van der Waals surface area (Å²) in [6, 6.07) is 11.0. The maximum absolute atomic E-state index is 13.2. The summed E-state index contributed by atoms with van der Waals surface area (Å²) in [5.41, 5.74) is 1.75. The van der Waals surface area contributed by atoms with Crippen LogP contribution in [0.2, 0.25) is 5.02 Å². The highest BCUT2D eigenvalue weighted by molar-refractivity contribution is 9.10. The molecule has 0 amide bonds. The third-order valence-corrected chi connectivity index (χ3v) is 5.55. The summed E-state index contributed by atoms with van der Waals surface area (Å²) in [5.74, 6) is 0.805. The average Bonchev–Trinajstić information content (AvgIpc) is 2.82. The van der Waals surface area contributed by atoms with Crippen molar-refractivity contribution in [2.24, 2.45) is 0 Å². The van der Waals surface area contributed by atoms with Gasteiger partial charge < -0.3 is 5.32 Å². The summed E-state index contributed by atoms with van der Waals surface area (Å²) in [4.78, 5) is 0. The van der Waals surface area contributed by atoms with Crippen molar-refractivity contribution in [3.8, 4) is 16.9 Å². The predicted octanol–water partition coefficient (Wildman–Crippen LogP) is 6.72. The fourth-order valence-corrected chi connectivity index (χ4v) is 3.99. The second-order valence-electron chi connectivity index (χ2n) is 6.64. The Hall–Kier alpha value is -1.99. The molecule has 1 aromatic heterocycles. The largest absolute Gasteiger partial charge is 0.416 e. The maximum atomic E-state index is 13.2. The first-order valence-corrected chi connectivity index (χ1v) is 10.0. The van der Waals surface area contributed by atoms with Gasteiger partial charge in [0.1, 0.15) is 5.82 Å². The van der Waals surface area contributed by atoms with Gasteiger partial charge >= 0.3 is 6.18 Å². The van der Waals surface area contributed by atoms with Crippen molar-refractivity contribution in [2.45, 2.75) is 25.4 Å². The quantitative estimate of drug-likeness (QED) is 0.450. The van der Waals surface area contributed by atoms with Crippen LogP contribution in [0.1, 0.15) is 24.0 Å². The highest BCUT2D eigenvalue weighted by Crippen LogP contribution is 2.40. The van der Waals surface area contributed by atoms with E-state index in [1.165, 1.54) is 6.07 Å². The van der Waals surface area contributed by atoms with E-state index in [-0.39, 0.29) is 5.02 Å². The first kappa shape index (κ1) is 19.3. The van der Waals surface area contributed by atoms with E-state index in [0.29, 0.717) is 11.3 Å². The molecule has 0 fully saturated rings. The van der Waals surface area contributed by atoms with Crippen LogP contribution in [0.15, 0.2) is 46.9 Å². The zero-order chi connectivity index (χ0) is 19.9. The van der Waals surface area contributed by atoms with Gasteiger partial charge in [-0.15, -0.1) is 0 Å². The molecule has 146 valence electrons. The van der Waals surface area contributed by atoms with E-state index in [1.54, 1.807) is 4.68 Å². The van der Waals surface area contributed by atoms with E-state index in [1.807, 2.05) is 24.3 Å². The van der Waals surface area contributed by atoms with Crippen LogP contribution in [0.3, 0.4) is 0 Å². The van der Waals surface area contributed by atoms with E-state index in [2.05, 4.69) is 26.3 Å². The molecule has 2 aromatic carbocycles. The predicted molar refractivity (Wildman–Crippen MR) is 108 cm³/mol. The SMILES string of the molecule is FC(F)(F)c1ccc(Cl)c(-c2nn(-c3cccc(Br)c3)c3c2CCCCN3)c1. The lowest BCUT2D eigenvalue weighted by atomic mass is 10.0. The van der Waals surface area contributed by atoms with E-state index >= 15 is 0 Å². The monoisotopic (exact) mass is 469 g/mol. The normalized spacial score (nSPS) is 14.3. The van der Waals surface area contributed by atoms with Gasteiger partial charge in [0.05, 0.1) is 22.0 Å². The van der Waals surface area contributed by atoms with E-state index in [4.69, 9.17) is 11.6 Å². The van der Waals surface area contributed by atoms with Crippen molar-refractivity contribution < 1.29 is 13.2 Å². The Labute approximate surface area is 173 Å². The molecule has 4 rings (SSSR count). The van der Waals surface area contributed by atoms with Gasteiger partial charge in [0.25, 0.3) is 0 Å². The van der Waals surface area contributed by atoms with Crippen molar-refractivity contribution in [2.75, 3.05) is 11.9 Å². The minimum absolute atomic E-state index is 0.249. The lowest BCUT2D eigenvalue weighted by Gasteiger charge is -2.10. The van der Waals surface area contributed by atoms with Crippen LogP contribution in [0.25, 0.3) is 16.9 Å². The van der Waals surface area contributed by atoms with Crippen LogP contribution in [0.5, 0.6) is 0 Å². The van der Waals surface area contributed by atoms with Crippen LogP contribution in [0, 0.1) is 0 Å². The maximum Gasteiger partial charge on any atom is 0.416 e. The van der Waals surface area contributed by atoms with Crippen molar-refractivity contribution in [1.82, 2.24) is 9.78 Å². The molecule has 8 heteroatoms. The summed E-state index contributed by atoms with van der Waals surface area (Å²) < 4.78 is 42.4.